The summed E-state index contributed by atoms with van der Waals surface area (Å²) < 4.78 is 46.3. The average molecular weight is 684 g/mol. The molecule has 8 nitrogen and oxygen atoms in total. The van der Waals surface area contributed by atoms with Gasteiger partial charge in [0.05, 0.1) is 43.2 Å². The van der Waals surface area contributed by atoms with Gasteiger partial charge in [0.2, 0.25) is 5.91 Å². The van der Waals surface area contributed by atoms with Crippen LogP contribution in [-0.2, 0) is 22.3 Å². The number of hydrogen-bond acceptors (Lipinski definition) is 5. The number of likely N-dealkylation sites (N-methyl/N-ethyl adjacent to an activating group) is 1. The summed E-state index contributed by atoms with van der Waals surface area (Å²) in [5, 5.41) is 7.36. The Kier molecular flexibility index (Phi) is 9.17. The molecular formula is C33H30BrF3N4O4. The van der Waals surface area contributed by atoms with Gasteiger partial charge in [0.25, 0.3) is 11.8 Å². The number of rotatable bonds is 7. The normalized spacial score (nSPS) is 15.8. The number of nitrogens with zero attached hydrogens (tertiary/aromatic N) is 2. The van der Waals surface area contributed by atoms with Gasteiger partial charge < -0.3 is 25.2 Å². The zero-order valence-corrected chi connectivity index (χ0v) is 26.2. The molecule has 2 N–H and O–H groups in total. The van der Waals surface area contributed by atoms with Crippen LogP contribution in [0.2, 0.25) is 0 Å². The van der Waals surface area contributed by atoms with Crippen LogP contribution in [0.25, 0.3) is 10.8 Å². The Morgan fingerprint density at radius 3 is 2.36 bits per heavy atom. The van der Waals surface area contributed by atoms with Crippen LogP contribution in [0.15, 0.2) is 83.3 Å². The molecular weight excluding hydrogens is 653 g/mol. The number of methoxy groups -OCH3 is 1. The third kappa shape index (κ3) is 6.52. The van der Waals surface area contributed by atoms with Crippen molar-refractivity contribution < 1.29 is 32.3 Å². The molecule has 0 radical (unpaired) electrons. The molecule has 0 bridgehead atoms. The smallest absolute Gasteiger partial charge is 0.416 e. The van der Waals surface area contributed by atoms with Crippen molar-refractivity contribution in [2.75, 3.05) is 30.5 Å². The second kappa shape index (κ2) is 12.9. The van der Waals surface area contributed by atoms with Crippen LogP contribution in [-0.4, -0.2) is 50.5 Å². The first-order valence-electron chi connectivity index (χ1n) is 14.0. The Morgan fingerprint density at radius 2 is 1.71 bits per heavy atom. The molecule has 4 aromatic rings. The Balaban J connectivity index is 1.63. The molecule has 0 aliphatic carbocycles. The fourth-order valence-electron chi connectivity index (χ4n) is 5.29. The van der Waals surface area contributed by atoms with Crippen LogP contribution in [0, 0.1) is 0 Å². The van der Waals surface area contributed by atoms with Crippen molar-refractivity contribution in [1.82, 2.24) is 10.6 Å². The highest BCUT2D eigenvalue weighted by molar-refractivity contribution is 9.10. The lowest BCUT2D eigenvalue weighted by atomic mass is 10.0. The number of hydrogen-bond donors (Lipinski definition) is 2. The SMILES string of the molecule is CN[C@@H](C)C(=O)N[C@H]1CN(C(=O)c2ccc(C(F)(F)F)cc2)c2ccccc2N(Cc2c(OC)ccc3cc(Br)ccc23)C1=O. The van der Waals surface area contributed by atoms with Crippen molar-refractivity contribution in [3.8, 4) is 5.75 Å². The van der Waals surface area contributed by atoms with Crippen molar-refractivity contribution in [2.24, 2.45) is 0 Å². The highest BCUT2D eigenvalue weighted by Crippen LogP contribution is 2.38. The number of nitrogens with one attached hydrogen (secondary N) is 2. The molecule has 4 aromatic carbocycles. The molecule has 0 spiro atoms. The Hall–Kier alpha value is -4.42. The summed E-state index contributed by atoms with van der Waals surface area (Å²) >= 11 is 3.50. The van der Waals surface area contributed by atoms with Crippen molar-refractivity contribution in [3.05, 3.63) is 100 Å². The fourth-order valence-corrected chi connectivity index (χ4v) is 5.67. The zero-order chi connectivity index (χ0) is 32.5. The quantitative estimate of drug-likeness (QED) is 0.253. The van der Waals surface area contributed by atoms with E-state index in [1.165, 1.54) is 16.9 Å². The van der Waals surface area contributed by atoms with Gasteiger partial charge in [-0.25, -0.2) is 0 Å². The minimum Gasteiger partial charge on any atom is -0.496 e. The number of halogens is 4. The minimum absolute atomic E-state index is 0.00586. The number of fused-ring (bicyclic) bond motifs is 2. The molecule has 0 fully saturated rings. The molecule has 1 aliphatic heterocycles. The van der Waals surface area contributed by atoms with Gasteiger partial charge in [0.15, 0.2) is 0 Å². The summed E-state index contributed by atoms with van der Waals surface area (Å²) in [6, 6.07) is 18.3. The van der Waals surface area contributed by atoms with E-state index in [4.69, 9.17) is 4.74 Å². The molecule has 0 unspecified atom stereocenters. The molecule has 0 saturated heterocycles. The van der Waals surface area contributed by atoms with Gasteiger partial charge in [-0.2, -0.15) is 13.2 Å². The van der Waals surface area contributed by atoms with E-state index in [-0.39, 0.29) is 18.7 Å². The molecule has 45 heavy (non-hydrogen) atoms. The molecule has 3 amide bonds. The zero-order valence-electron chi connectivity index (χ0n) is 24.6. The van der Waals surface area contributed by atoms with E-state index in [0.717, 1.165) is 39.5 Å². The highest BCUT2D eigenvalue weighted by Gasteiger charge is 2.38. The Bertz CT molecular complexity index is 1760. The molecule has 2 atom stereocenters. The van der Waals surface area contributed by atoms with Gasteiger partial charge in [-0.3, -0.25) is 14.4 Å². The number of para-hydroxylation sites is 2. The summed E-state index contributed by atoms with van der Waals surface area (Å²) in [7, 11) is 3.14. The predicted octanol–water partition coefficient (Wildman–Crippen LogP) is 5.92. The molecule has 12 heteroatoms. The third-order valence-electron chi connectivity index (χ3n) is 7.83. The fraction of sp³-hybridized carbons (Fsp3) is 0.242. The van der Waals surface area contributed by atoms with Crippen molar-refractivity contribution >= 4 is 55.8 Å². The largest absolute Gasteiger partial charge is 0.496 e. The van der Waals surface area contributed by atoms with Gasteiger partial charge in [-0.1, -0.05) is 40.2 Å². The molecule has 234 valence electrons. The van der Waals surface area contributed by atoms with E-state index < -0.39 is 41.5 Å². The van der Waals surface area contributed by atoms with Crippen LogP contribution in [0.5, 0.6) is 5.75 Å². The summed E-state index contributed by atoms with van der Waals surface area (Å²) in [5.74, 6) is -1.02. The summed E-state index contributed by atoms with van der Waals surface area (Å²) in [4.78, 5) is 44.2. The number of anilines is 2. The highest BCUT2D eigenvalue weighted by atomic mass is 79.9. The standard InChI is InChI=1S/C33H30BrF3N4O4/c1-19(38-2)30(42)39-26-18-41(31(43)20-8-11-22(12-9-20)33(35,36)37)28-7-5-4-6-27(28)40(32(26)44)17-25-24-14-13-23(34)16-21(24)10-15-29(25)45-3/h4-16,19,26,38H,17-18H2,1-3H3,(H,39,42)/t19-,26-/m0/s1. The van der Waals surface area contributed by atoms with Gasteiger partial charge in [-0.05, 0) is 79.3 Å². The van der Waals surface area contributed by atoms with E-state index in [2.05, 4.69) is 26.6 Å². The molecule has 0 aromatic heterocycles. The molecule has 1 aliphatic rings. The van der Waals surface area contributed by atoms with Crippen LogP contribution >= 0.6 is 15.9 Å². The third-order valence-corrected chi connectivity index (χ3v) is 8.32. The van der Waals surface area contributed by atoms with Crippen molar-refractivity contribution in [1.29, 1.82) is 0 Å². The van der Waals surface area contributed by atoms with E-state index in [1.807, 2.05) is 30.3 Å². The predicted molar refractivity (Wildman–Crippen MR) is 169 cm³/mol. The van der Waals surface area contributed by atoms with Crippen LogP contribution in [0.1, 0.15) is 28.4 Å². The Labute approximate surface area is 266 Å². The summed E-state index contributed by atoms with van der Waals surface area (Å²) in [6.45, 7) is 1.41. The van der Waals surface area contributed by atoms with Crippen LogP contribution in [0.4, 0.5) is 24.5 Å². The van der Waals surface area contributed by atoms with E-state index >= 15 is 0 Å². The van der Waals surface area contributed by atoms with E-state index in [1.54, 1.807) is 38.2 Å². The van der Waals surface area contributed by atoms with Gasteiger partial charge >= 0.3 is 6.18 Å². The van der Waals surface area contributed by atoms with Crippen molar-refractivity contribution in [3.63, 3.8) is 0 Å². The lowest BCUT2D eigenvalue weighted by molar-refractivity contribution is -0.137. The van der Waals surface area contributed by atoms with E-state index in [0.29, 0.717) is 22.7 Å². The molecule has 5 rings (SSSR count). The second-order valence-corrected chi connectivity index (χ2v) is 11.5. The Morgan fingerprint density at radius 1 is 1.02 bits per heavy atom. The van der Waals surface area contributed by atoms with Crippen molar-refractivity contribution in [2.45, 2.75) is 31.7 Å². The average Bonchev–Trinajstić information content (AvgIpc) is 3.14. The van der Waals surface area contributed by atoms with Gasteiger partial charge in [0.1, 0.15) is 11.8 Å². The molecule has 0 saturated carbocycles. The maximum atomic E-state index is 14.4. The van der Waals surface area contributed by atoms with Crippen LogP contribution < -0.4 is 25.2 Å². The number of alkyl halides is 3. The van der Waals surface area contributed by atoms with E-state index in [9.17, 15) is 27.6 Å². The molecule has 1 heterocycles. The number of carbonyl (C=O) groups is 3. The first kappa shape index (κ1) is 32.0. The summed E-state index contributed by atoms with van der Waals surface area (Å²) in [6.07, 6.45) is -4.57. The lowest BCUT2D eigenvalue weighted by Gasteiger charge is -2.27. The number of amides is 3. The lowest BCUT2D eigenvalue weighted by Crippen LogP contribution is -2.55. The topological polar surface area (TPSA) is 91.0 Å². The minimum atomic E-state index is -4.57. The second-order valence-electron chi connectivity index (χ2n) is 10.6. The summed E-state index contributed by atoms with van der Waals surface area (Å²) in [5.41, 5.74) is 0.558. The maximum Gasteiger partial charge on any atom is 0.416 e. The number of ether oxygens (including phenoxy) is 1. The maximum absolute atomic E-state index is 14.4. The number of carbonyl (C=O) groups excluding carboxylic acids is 3. The van der Waals surface area contributed by atoms with Gasteiger partial charge in [-0.15, -0.1) is 0 Å². The first-order chi connectivity index (χ1) is 21.4. The van der Waals surface area contributed by atoms with Gasteiger partial charge in [0, 0.05) is 15.6 Å². The first-order valence-corrected chi connectivity index (χ1v) is 14.8. The van der Waals surface area contributed by atoms with Crippen LogP contribution in [0.3, 0.4) is 0 Å². The monoisotopic (exact) mass is 682 g/mol. The number of benzene rings is 4.